The topological polar surface area (TPSA) is 92.3 Å². The molecule has 146 valence electrons. The van der Waals surface area contributed by atoms with Gasteiger partial charge in [0, 0.05) is 24.9 Å². The second kappa shape index (κ2) is 8.75. The SMILES string of the molecule is COc1cc(C)ccc1OCc1nnc(SCc2ccc([N+](=O)[O-])cc2)n1C. The molecule has 0 radical (unpaired) electrons. The number of hydrogen-bond donors (Lipinski definition) is 0. The lowest BCUT2D eigenvalue weighted by Crippen LogP contribution is -2.05. The first-order valence-electron chi connectivity index (χ1n) is 8.49. The van der Waals surface area contributed by atoms with Gasteiger partial charge in [0.15, 0.2) is 22.5 Å². The summed E-state index contributed by atoms with van der Waals surface area (Å²) < 4.78 is 13.1. The van der Waals surface area contributed by atoms with Crippen LogP contribution in [-0.2, 0) is 19.4 Å². The van der Waals surface area contributed by atoms with Crippen molar-refractivity contribution in [2.45, 2.75) is 24.4 Å². The highest BCUT2D eigenvalue weighted by Gasteiger charge is 2.12. The summed E-state index contributed by atoms with van der Waals surface area (Å²) >= 11 is 1.51. The number of nitro benzene ring substituents is 1. The van der Waals surface area contributed by atoms with E-state index in [1.54, 1.807) is 19.2 Å². The van der Waals surface area contributed by atoms with Gasteiger partial charge in [-0.25, -0.2) is 0 Å². The van der Waals surface area contributed by atoms with Crippen LogP contribution in [0, 0.1) is 17.0 Å². The van der Waals surface area contributed by atoms with E-state index in [0.29, 0.717) is 23.1 Å². The molecule has 0 aliphatic carbocycles. The predicted molar refractivity (Wildman–Crippen MR) is 106 cm³/mol. The molecule has 0 fully saturated rings. The van der Waals surface area contributed by atoms with Gasteiger partial charge in [-0.3, -0.25) is 10.1 Å². The van der Waals surface area contributed by atoms with Crippen molar-refractivity contribution in [3.63, 3.8) is 0 Å². The fraction of sp³-hybridized carbons (Fsp3) is 0.263. The lowest BCUT2D eigenvalue weighted by atomic mass is 10.2. The molecule has 3 aromatic rings. The number of hydrogen-bond acceptors (Lipinski definition) is 7. The van der Waals surface area contributed by atoms with Crippen LogP contribution >= 0.6 is 11.8 Å². The summed E-state index contributed by atoms with van der Waals surface area (Å²) in [5.74, 6) is 2.65. The number of nitrogens with zero attached hydrogens (tertiary/aromatic N) is 4. The van der Waals surface area contributed by atoms with Gasteiger partial charge in [0.2, 0.25) is 0 Å². The molecule has 0 unspecified atom stereocenters. The number of nitro groups is 1. The Hall–Kier alpha value is -3.07. The Bertz CT molecular complexity index is 973. The molecule has 0 saturated heterocycles. The van der Waals surface area contributed by atoms with E-state index in [9.17, 15) is 10.1 Å². The zero-order valence-electron chi connectivity index (χ0n) is 15.8. The average Bonchev–Trinajstić information content (AvgIpc) is 3.05. The van der Waals surface area contributed by atoms with Crippen LogP contribution in [-0.4, -0.2) is 26.8 Å². The highest BCUT2D eigenvalue weighted by atomic mass is 32.2. The molecule has 28 heavy (non-hydrogen) atoms. The summed E-state index contributed by atoms with van der Waals surface area (Å²) in [5, 5.41) is 19.9. The minimum atomic E-state index is -0.408. The molecule has 1 aromatic heterocycles. The normalized spacial score (nSPS) is 10.7. The third-order valence-corrected chi connectivity index (χ3v) is 5.21. The Morgan fingerprint density at radius 1 is 1.14 bits per heavy atom. The zero-order valence-corrected chi connectivity index (χ0v) is 16.6. The molecule has 0 saturated carbocycles. The number of aryl methyl sites for hydroxylation is 1. The Balaban J connectivity index is 1.61. The molecule has 8 nitrogen and oxygen atoms in total. The molecule has 9 heteroatoms. The first-order chi connectivity index (χ1) is 13.5. The van der Waals surface area contributed by atoms with E-state index in [-0.39, 0.29) is 12.3 Å². The van der Waals surface area contributed by atoms with Gasteiger partial charge in [0.05, 0.1) is 12.0 Å². The number of thioether (sulfide) groups is 1. The van der Waals surface area contributed by atoms with Gasteiger partial charge < -0.3 is 14.0 Å². The maximum Gasteiger partial charge on any atom is 0.269 e. The van der Waals surface area contributed by atoms with Crippen LogP contribution < -0.4 is 9.47 Å². The average molecular weight is 400 g/mol. The number of rotatable bonds is 8. The number of ether oxygens (including phenoxy) is 2. The number of aromatic nitrogens is 3. The van der Waals surface area contributed by atoms with E-state index in [4.69, 9.17) is 9.47 Å². The number of non-ortho nitro benzene ring substituents is 1. The van der Waals surface area contributed by atoms with Crippen molar-refractivity contribution in [1.29, 1.82) is 0 Å². The molecule has 0 aliphatic heterocycles. The van der Waals surface area contributed by atoms with Gasteiger partial charge in [0.25, 0.3) is 5.69 Å². The third kappa shape index (κ3) is 4.61. The van der Waals surface area contributed by atoms with Crippen molar-refractivity contribution in [2.24, 2.45) is 7.05 Å². The van der Waals surface area contributed by atoms with Crippen LogP contribution in [0.15, 0.2) is 47.6 Å². The van der Waals surface area contributed by atoms with E-state index in [1.165, 1.54) is 23.9 Å². The van der Waals surface area contributed by atoms with Crippen molar-refractivity contribution < 1.29 is 14.4 Å². The van der Waals surface area contributed by atoms with E-state index in [0.717, 1.165) is 16.3 Å². The largest absolute Gasteiger partial charge is 0.493 e. The van der Waals surface area contributed by atoms with E-state index >= 15 is 0 Å². The third-order valence-electron chi connectivity index (χ3n) is 4.12. The van der Waals surface area contributed by atoms with Crippen LogP contribution in [0.25, 0.3) is 0 Å². The Labute approximate surface area is 166 Å². The van der Waals surface area contributed by atoms with Crippen LogP contribution in [0.2, 0.25) is 0 Å². The first kappa shape index (κ1) is 19.7. The van der Waals surface area contributed by atoms with Gasteiger partial charge in [0.1, 0.15) is 6.61 Å². The Kier molecular flexibility index (Phi) is 6.15. The van der Waals surface area contributed by atoms with Crippen LogP contribution in [0.3, 0.4) is 0 Å². The first-order valence-corrected chi connectivity index (χ1v) is 9.48. The lowest BCUT2D eigenvalue weighted by Gasteiger charge is -2.11. The zero-order chi connectivity index (χ0) is 20.1. The molecular formula is C19H20N4O4S. The van der Waals surface area contributed by atoms with Gasteiger partial charge in [-0.05, 0) is 30.2 Å². The van der Waals surface area contributed by atoms with Gasteiger partial charge in [-0.2, -0.15) is 0 Å². The van der Waals surface area contributed by atoms with Gasteiger partial charge >= 0.3 is 0 Å². The summed E-state index contributed by atoms with van der Waals surface area (Å²) in [7, 11) is 3.49. The molecule has 0 amide bonds. The van der Waals surface area contributed by atoms with Crippen molar-refractivity contribution >= 4 is 17.4 Å². The van der Waals surface area contributed by atoms with Crippen LogP contribution in [0.5, 0.6) is 11.5 Å². The molecular weight excluding hydrogens is 380 g/mol. The molecule has 1 heterocycles. The van der Waals surface area contributed by atoms with Crippen LogP contribution in [0.4, 0.5) is 5.69 Å². The molecule has 0 N–H and O–H groups in total. The van der Waals surface area contributed by atoms with Gasteiger partial charge in [-0.15, -0.1) is 10.2 Å². The Morgan fingerprint density at radius 3 is 2.57 bits per heavy atom. The van der Waals surface area contributed by atoms with Crippen LogP contribution in [0.1, 0.15) is 17.0 Å². The van der Waals surface area contributed by atoms with E-state index in [1.807, 2.05) is 36.7 Å². The molecule has 0 bridgehead atoms. The number of benzene rings is 2. The van der Waals surface area contributed by atoms with Gasteiger partial charge in [-0.1, -0.05) is 30.0 Å². The molecule has 3 rings (SSSR count). The summed E-state index contributed by atoms with van der Waals surface area (Å²) in [6.07, 6.45) is 0. The molecule has 2 aromatic carbocycles. The predicted octanol–water partition coefficient (Wildman–Crippen LogP) is 3.91. The lowest BCUT2D eigenvalue weighted by molar-refractivity contribution is -0.384. The summed E-state index contributed by atoms with van der Waals surface area (Å²) in [6, 6.07) is 12.2. The van der Waals surface area contributed by atoms with Crippen molar-refractivity contribution in [2.75, 3.05) is 7.11 Å². The summed E-state index contributed by atoms with van der Waals surface area (Å²) in [5.41, 5.74) is 2.15. The molecule has 0 aliphatic rings. The smallest absolute Gasteiger partial charge is 0.269 e. The standard InChI is InChI=1S/C19H20N4O4S/c1-13-4-9-16(17(10-13)26-3)27-11-18-20-21-19(22(18)2)28-12-14-5-7-15(8-6-14)23(24)25/h4-10H,11-12H2,1-3H3. The fourth-order valence-corrected chi connectivity index (χ4v) is 3.38. The molecule has 0 spiro atoms. The highest BCUT2D eigenvalue weighted by Crippen LogP contribution is 2.29. The summed E-state index contributed by atoms with van der Waals surface area (Å²) in [4.78, 5) is 10.3. The minimum absolute atomic E-state index is 0.0818. The highest BCUT2D eigenvalue weighted by molar-refractivity contribution is 7.98. The second-order valence-corrected chi connectivity index (χ2v) is 7.06. The molecule has 0 atom stereocenters. The summed E-state index contributed by atoms with van der Waals surface area (Å²) in [6.45, 7) is 2.25. The monoisotopic (exact) mass is 400 g/mol. The van der Waals surface area contributed by atoms with E-state index in [2.05, 4.69) is 10.2 Å². The van der Waals surface area contributed by atoms with Crippen molar-refractivity contribution in [1.82, 2.24) is 14.8 Å². The Morgan fingerprint density at radius 2 is 1.89 bits per heavy atom. The van der Waals surface area contributed by atoms with E-state index < -0.39 is 4.92 Å². The van der Waals surface area contributed by atoms with Crippen molar-refractivity contribution in [3.05, 3.63) is 69.5 Å². The minimum Gasteiger partial charge on any atom is -0.493 e. The fourth-order valence-electron chi connectivity index (χ4n) is 2.49. The second-order valence-electron chi connectivity index (χ2n) is 6.11. The maximum absolute atomic E-state index is 10.7. The maximum atomic E-state index is 10.7. The number of methoxy groups -OCH3 is 1. The quantitative estimate of drug-likeness (QED) is 0.321. The van der Waals surface area contributed by atoms with Crippen molar-refractivity contribution in [3.8, 4) is 11.5 Å².